The van der Waals surface area contributed by atoms with E-state index in [4.69, 9.17) is 16.3 Å². The number of ether oxygens (including phenoxy) is 1. The minimum Gasteiger partial charge on any atom is -0.457 e. The SMILES string of the molecule is O=C(OCc1ccccc1[N+](=O)[O-])c1ccnc(Cl)c1. The van der Waals surface area contributed by atoms with Crippen LogP contribution in [0.15, 0.2) is 42.6 Å². The summed E-state index contributed by atoms with van der Waals surface area (Å²) >= 11 is 5.66. The lowest BCUT2D eigenvalue weighted by molar-refractivity contribution is -0.385. The van der Waals surface area contributed by atoms with E-state index in [0.717, 1.165) is 0 Å². The highest BCUT2D eigenvalue weighted by atomic mass is 35.5. The maximum atomic E-state index is 11.8. The van der Waals surface area contributed by atoms with Gasteiger partial charge in [-0.1, -0.05) is 23.7 Å². The van der Waals surface area contributed by atoms with Gasteiger partial charge >= 0.3 is 5.97 Å². The van der Waals surface area contributed by atoms with Gasteiger partial charge in [-0.05, 0) is 18.2 Å². The Morgan fingerprint density at radius 2 is 2.10 bits per heavy atom. The number of esters is 1. The van der Waals surface area contributed by atoms with Gasteiger partial charge in [-0.15, -0.1) is 0 Å². The van der Waals surface area contributed by atoms with Crippen LogP contribution in [0.1, 0.15) is 15.9 Å². The average molecular weight is 293 g/mol. The van der Waals surface area contributed by atoms with Gasteiger partial charge in [0.25, 0.3) is 5.69 Å². The second kappa shape index (κ2) is 6.12. The van der Waals surface area contributed by atoms with Crippen LogP contribution in [0, 0.1) is 10.1 Å². The summed E-state index contributed by atoms with van der Waals surface area (Å²) in [6.45, 7) is -0.185. The van der Waals surface area contributed by atoms with E-state index in [1.54, 1.807) is 12.1 Å². The molecule has 0 radical (unpaired) electrons. The zero-order valence-corrected chi connectivity index (χ0v) is 10.9. The summed E-state index contributed by atoms with van der Waals surface area (Å²) in [5, 5.41) is 11.0. The number of para-hydroxylation sites is 1. The molecule has 1 aromatic carbocycles. The predicted octanol–water partition coefficient (Wildman–Crippen LogP) is 3.00. The fourth-order valence-electron chi connectivity index (χ4n) is 1.57. The van der Waals surface area contributed by atoms with Crippen LogP contribution in [0.5, 0.6) is 0 Å². The van der Waals surface area contributed by atoms with Crippen molar-refractivity contribution in [1.29, 1.82) is 0 Å². The maximum absolute atomic E-state index is 11.8. The fourth-order valence-corrected chi connectivity index (χ4v) is 1.74. The predicted molar refractivity (Wildman–Crippen MR) is 71.5 cm³/mol. The minimum absolute atomic E-state index is 0.0898. The van der Waals surface area contributed by atoms with Crippen LogP contribution in [0.3, 0.4) is 0 Å². The number of nitro groups is 1. The van der Waals surface area contributed by atoms with E-state index in [2.05, 4.69) is 4.98 Å². The fraction of sp³-hybridized carbons (Fsp3) is 0.0769. The first-order valence-corrected chi connectivity index (χ1v) is 5.96. The Morgan fingerprint density at radius 3 is 2.80 bits per heavy atom. The van der Waals surface area contributed by atoms with Crippen molar-refractivity contribution >= 4 is 23.3 Å². The molecule has 0 aliphatic carbocycles. The Morgan fingerprint density at radius 1 is 1.35 bits per heavy atom. The highest BCUT2D eigenvalue weighted by Gasteiger charge is 2.15. The number of pyridine rings is 1. The van der Waals surface area contributed by atoms with Crippen molar-refractivity contribution in [3.63, 3.8) is 0 Å². The van der Waals surface area contributed by atoms with Gasteiger partial charge in [-0.2, -0.15) is 0 Å². The van der Waals surface area contributed by atoms with E-state index >= 15 is 0 Å². The molecule has 2 rings (SSSR count). The first-order valence-electron chi connectivity index (χ1n) is 5.59. The lowest BCUT2D eigenvalue weighted by Crippen LogP contribution is -2.06. The third-order valence-electron chi connectivity index (χ3n) is 2.51. The van der Waals surface area contributed by atoms with Crippen molar-refractivity contribution in [2.75, 3.05) is 0 Å². The second-order valence-corrected chi connectivity index (χ2v) is 4.22. The number of aromatic nitrogens is 1. The zero-order chi connectivity index (χ0) is 14.5. The molecular formula is C13H9ClN2O4. The number of carbonyl (C=O) groups excluding carboxylic acids is 1. The highest BCUT2D eigenvalue weighted by Crippen LogP contribution is 2.19. The van der Waals surface area contributed by atoms with Gasteiger partial charge in [-0.3, -0.25) is 10.1 Å². The molecule has 0 N–H and O–H groups in total. The van der Waals surface area contributed by atoms with Gasteiger partial charge in [0.15, 0.2) is 0 Å². The first kappa shape index (κ1) is 14.0. The zero-order valence-electron chi connectivity index (χ0n) is 10.2. The van der Waals surface area contributed by atoms with Crippen LogP contribution < -0.4 is 0 Å². The van der Waals surface area contributed by atoms with Crippen LogP contribution in [0.2, 0.25) is 5.15 Å². The third kappa shape index (κ3) is 3.30. The van der Waals surface area contributed by atoms with Crippen LogP contribution in [-0.4, -0.2) is 15.9 Å². The molecule has 1 heterocycles. The molecule has 0 spiro atoms. The van der Waals surface area contributed by atoms with E-state index in [0.29, 0.717) is 5.56 Å². The van der Waals surface area contributed by atoms with Crippen LogP contribution in [0.25, 0.3) is 0 Å². The molecule has 6 nitrogen and oxygen atoms in total. The van der Waals surface area contributed by atoms with Crippen LogP contribution >= 0.6 is 11.6 Å². The monoisotopic (exact) mass is 292 g/mol. The van der Waals surface area contributed by atoms with Crippen molar-refractivity contribution in [2.24, 2.45) is 0 Å². The van der Waals surface area contributed by atoms with Crippen molar-refractivity contribution in [3.05, 3.63) is 69.0 Å². The van der Waals surface area contributed by atoms with E-state index in [-0.39, 0.29) is 23.0 Å². The largest absolute Gasteiger partial charge is 0.457 e. The molecule has 0 atom stereocenters. The molecular weight excluding hydrogens is 284 g/mol. The molecule has 20 heavy (non-hydrogen) atoms. The van der Waals surface area contributed by atoms with E-state index in [9.17, 15) is 14.9 Å². The Bertz CT molecular complexity index is 660. The second-order valence-electron chi connectivity index (χ2n) is 3.83. The van der Waals surface area contributed by atoms with E-state index in [1.807, 2.05) is 0 Å². The van der Waals surface area contributed by atoms with Gasteiger partial charge in [0, 0.05) is 12.3 Å². The summed E-state index contributed by atoms with van der Waals surface area (Å²) in [4.78, 5) is 25.8. The number of rotatable bonds is 4. The lowest BCUT2D eigenvalue weighted by atomic mass is 10.2. The quantitative estimate of drug-likeness (QED) is 0.374. The molecule has 0 bridgehead atoms. The highest BCUT2D eigenvalue weighted by molar-refractivity contribution is 6.29. The molecule has 0 aliphatic rings. The molecule has 7 heteroatoms. The molecule has 0 amide bonds. The molecule has 102 valence electrons. The summed E-state index contributed by atoms with van der Waals surface area (Å²) in [5.41, 5.74) is 0.475. The van der Waals surface area contributed by atoms with Crippen LogP contribution in [-0.2, 0) is 11.3 Å². The van der Waals surface area contributed by atoms with Gasteiger partial charge < -0.3 is 4.74 Å². The van der Waals surface area contributed by atoms with Gasteiger partial charge in [0.2, 0.25) is 0 Å². The summed E-state index contributed by atoms with van der Waals surface area (Å²) in [7, 11) is 0. The van der Waals surface area contributed by atoms with Crippen LogP contribution in [0.4, 0.5) is 5.69 Å². The summed E-state index contributed by atoms with van der Waals surface area (Å²) in [6, 6.07) is 8.89. The van der Waals surface area contributed by atoms with Gasteiger partial charge in [0.05, 0.1) is 16.1 Å². The van der Waals surface area contributed by atoms with Gasteiger partial charge in [0.1, 0.15) is 11.8 Å². The number of carbonyl (C=O) groups is 1. The Labute approximate surface area is 119 Å². The molecule has 1 aromatic heterocycles. The van der Waals surface area contributed by atoms with Crippen molar-refractivity contribution in [1.82, 2.24) is 4.98 Å². The van der Waals surface area contributed by atoms with Crippen molar-refractivity contribution in [3.8, 4) is 0 Å². The lowest BCUT2D eigenvalue weighted by Gasteiger charge is -2.05. The molecule has 0 saturated carbocycles. The van der Waals surface area contributed by atoms with E-state index < -0.39 is 10.9 Å². The summed E-state index contributed by atoms with van der Waals surface area (Å²) in [5.74, 6) is -0.618. The average Bonchev–Trinajstić information content (AvgIpc) is 2.45. The summed E-state index contributed by atoms with van der Waals surface area (Å²) < 4.78 is 5.03. The topological polar surface area (TPSA) is 82.3 Å². The molecule has 0 aliphatic heterocycles. The van der Waals surface area contributed by atoms with Gasteiger partial charge in [-0.25, -0.2) is 9.78 Å². The number of hydrogen-bond donors (Lipinski definition) is 0. The van der Waals surface area contributed by atoms with Crippen molar-refractivity contribution < 1.29 is 14.5 Å². The number of nitrogens with zero attached hydrogens (tertiary/aromatic N) is 2. The Balaban J connectivity index is 2.09. The first-order chi connectivity index (χ1) is 9.58. The maximum Gasteiger partial charge on any atom is 0.338 e. The normalized spacial score (nSPS) is 10.1. The molecule has 0 saturated heterocycles. The Kier molecular flexibility index (Phi) is 4.27. The molecule has 2 aromatic rings. The Hall–Kier alpha value is -2.47. The van der Waals surface area contributed by atoms with Crippen molar-refractivity contribution in [2.45, 2.75) is 6.61 Å². The number of benzene rings is 1. The molecule has 0 unspecified atom stereocenters. The minimum atomic E-state index is -0.618. The standard InChI is InChI=1S/C13H9ClN2O4/c14-12-7-9(5-6-15-12)13(17)20-8-10-3-1-2-4-11(10)16(18)19/h1-7H,8H2. The molecule has 0 fully saturated rings. The summed E-state index contributed by atoms with van der Waals surface area (Å²) in [6.07, 6.45) is 1.38. The number of nitro benzene ring substituents is 1. The van der Waals surface area contributed by atoms with E-state index in [1.165, 1.54) is 30.5 Å². The number of halogens is 1. The number of hydrogen-bond acceptors (Lipinski definition) is 5. The smallest absolute Gasteiger partial charge is 0.338 e. The third-order valence-corrected chi connectivity index (χ3v) is 2.72.